The van der Waals surface area contributed by atoms with Crippen molar-refractivity contribution in [3.05, 3.63) is 60.2 Å². The Bertz CT molecular complexity index is 914. The van der Waals surface area contributed by atoms with Crippen molar-refractivity contribution in [2.24, 2.45) is 0 Å². The maximum Gasteiger partial charge on any atom is 0.260 e. The molecule has 1 heterocycles. The highest BCUT2D eigenvalue weighted by Gasteiger charge is 2.30. The number of benzene rings is 2. The van der Waals surface area contributed by atoms with Crippen LogP contribution in [0, 0.1) is 11.6 Å². The van der Waals surface area contributed by atoms with E-state index in [1.807, 2.05) is 0 Å². The molecule has 3 rings (SSSR count). The number of nitrogens with zero attached hydrogens (tertiary/aromatic N) is 2. The third-order valence-corrected chi connectivity index (χ3v) is 6.14. The van der Waals surface area contributed by atoms with E-state index in [4.69, 9.17) is 4.74 Å². The van der Waals surface area contributed by atoms with Gasteiger partial charge in [0.1, 0.15) is 5.75 Å². The quantitative estimate of drug-likeness (QED) is 0.774. The molecule has 0 bridgehead atoms. The first-order valence-electron chi connectivity index (χ1n) is 8.29. The fourth-order valence-corrected chi connectivity index (χ4v) is 4.17. The van der Waals surface area contributed by atoms with Crippen LogP contribution in [-0.4, -0.2) is 56.3 Å². The predicted octanol–water partition coefficient (Wildman–Crippen LogP) is 1.88. The molecular weight excluding hydrogens is 378 g/mol. The zero-order valence-corrected chi connectivity index (χ0v) is 15.2. The van der Waals surface area contributed by atoms with E-state index < -0.39 is 21.7 Å². The highest BCUT2D eigenvalue weighted by atomic mass is 32.2. The minimum Gasteiger partial charge on any atom is -0.484 e. The van der Waals surface area contributed by atoms with E-state index in [0.29, 0.717) is 0 Å². The number of amides is 1. The van der Waals surface area contributed by atoms with Gasteiger partial charge >= 0.3 is 0 Å². The van der Waals surface area contributed by atoms with Gasteiger partial charge in [-0.25, -0.2) is 17.2 Å². The normalized spacial score (nSPS) is 15.6. The molecule has 0 spiro atoms. The number of sulfonamides is 1. The summed E-state index contributed by atoms with van der Waals surface area (Å²) in [7, 11) is -3.59. The number of carbonyl (C=O) groups excluding carboxylic acids is 1. The molecule has 6 nitrogen and oxygen atoms in total. The van der Waals surface area contributed by atoms with Gasteiger partial charge in [-0.3, -0.25) is 4.79 Å². The van der Waals surface area contributed by atoms with Crippen molar-refractivity contribution in [3.63, 3.8) is 0 Å². The molecule has 0 aliphatic carbocycles. The van der Waals surface area contributed by atoms with Crippen molar-refractivity contribution in [3.8, 4) is 5.75 Å². The summed E-state index contributed by atoms with van der Waals surface area (Å²) in [6.07, 6.45) is 0. The van der Waals surface area contributed by atoms with Gasteiger partial charge in [0.15, 0.2) is 18.2 Å². The summed E-state index contributed by atoms with van der Waals surface area (Å²) >= 11 is 0. The molecule has 27 heavy (non-hydrogen) atoms. The summed E-state index contributed by atoms with van der Waals surface area (Å²) in [5, 5.41) is 0. The molecule has 1 saturated heterocycles. The first-order chi connectivity index (χ1) is 12.9. The Kier molecular flexibility index (Phi) is 5.71. The van der Waals surface area contributed by atoms with Crippen LogP contribution >= 0.6 is 0 Å². The van der Waals surface area contributed by atoms with Crippen LogP contribution in [-0.2, 0) is 14.8 Å². The number of piperazine rings is 1. The Morgan fingerprint density at radius 3 is 2.26 bits per heavy atom. The van der Waals surface area contributed by atoms with Crippen molar-refractivity contribution in [1.29, 1.82) is 0 Å². The average molecular weight is 396 g/mol. The molecular formula is C18H18F2N2O4S. The summed E-state index contributed by atoms with van der Waals surface area (Å²) in [5.74, 6) is -2.35. The Morgan fingerprint density at radius 2 is 1.63 bits per heavy atom. The van der Waals surface area contributed by atoms with Crippen molar-refractivity contribution in [2.45, 2.75) is 4.90 Å². The van der Waals surface area contributed by atoms with Gasteiger partial charge in [-0.05, 0) is 24.3 Å². The molecule has 144 valence electrons. The molecule has 9 heteroatoms. The Hall–Kier alpha value is -2.52. The van der Waals surface area contributed by atoms with Gasteiger partial charge in [0.05, 0.1) is 4.90 Å². The number of hydrogen-bond acceptors (Lipinski definition) is 4. The smallest absolute Gasteiger partial charge is 0.260 e. The number of ether oxygens (including phenoxy) is 1. The van der Waals surface area contributed by atoms with Crippen LogP contribution in [0.2, 0.25) is 0 Å². The van der Waals surface area contributed by atoms with Crippen LogP contribution < -0.4 is 4.74 Å². The lowest BCUT2D eigenvalue weighted by molar-refractivity contribution is -0.134. The zero-order chi connectivity index (χ0) is 19.4. The van der Waals surface area contributed by atoms with E-state index in [1.54, 1.807) is 18.2 Å². The molecule has 0 aromatic heterocycles. The molecule has 0 N–H and O–H groups in total. The first kappa shape index (κ1) is 19.2. The van der Waals surface area contributed by atoms with Crippen molar-refractivity contribution >= 4 is 15.9 Å². The predicted molar refractivity (Wildman–Crippen MR) is 93.6 cm³/mol. The van der Waals surface area contributed by atoms with Gasteiger partial charge in [-0.15, -0.1) is 0 Å². The molecule has 0 unspecified atom stereocenters. The third-order valence-electron chi connectivity index (χ3n) is 4.23. The van der Waals surface area contributed by atoms with Crippen LogP contribution in [0.25, 0.3) is 0 Å². The van der Waals surface area contributed by atoms with E-state index in [1.165, 1.54) is 27.4 Å². The number of carbonyl (C=O) groups is 1. The molecule has 1 amide bonds. The summed E-state index contributed by atoms with van der Waals surface area (Å²) in [6, 6.07) is 11.1. The summed E-state index contributed by atoms with van der Waals surface area (Å²) in [5.41, 5.74) is 0. The maximum atomic E-state index is 13.1. The van der Waals surface area contributed by atoms with Gasteiger partial charge in [0.2, 0.25) is 10.0 Å². The van der Waals surface area contributed by atoms with Crippen LogP contribution in [0.3, 0.4) is 0 Å². The molecule has 2 aromatic carbocycles. The minimum atomic E-state index is -3.59. The summed E-state index contributed by atoms with van der Waals surface area (Å²) < 4.78 is 57.7. The molecule has 1 aliphatic heterocycles. The van der Waals surface area contributed by atoms with Crippen molar-refractivity contribution in [2.75, 3.05) is 32.8 Å². The lowest BCUT2D eigenvalue weighted by Gasteiger charge is -2.33. The van der Waals surface area contributed by atoms with Gasteiger partial charge in [-0.2, -0.15) is 4.31 Å². The first-order valence-corrected chi connectivity index (χ1v) is 9.73. The fraction of sp³-hybridized carbons (Fsp3) is 0.278. The van der Waals surface area contributed by atoms with E-state index in [9.17, 15) is 22.0 Å². The molecule has 0 saturated carbocycles. The van der Waals surface area contributed by atoms with Crippen LogP contribution in [0.4, 0.5) is 8.78 Å². The van der Waals surface area contributed by atoms with E-state index in [2.05, 4.69) is 0 Å². The third kappa shape index (κ3) is 4.42. The van der Waals surface area contributed by atoms with Crippen molar-refractivity contribution in [1.82, 2.24) is 9.21 Å². The highest BCUT2D eigenvalue weighted by Crippen LogP contribution is 2.18. The van der Waals surface area contributed by atoms with Crippen LogP contribution in [0.15, 0.2) is 53.4 Å². The Labute approximate surface area is 156 Å². The van der Waals surface area contributed by atoms with Gasteiger partial charge in [-0.1, -0.05) is 18.2 Å². The topological polar surface area (TPSA) is 66.9 Å². The molecule has 2 aromatic rings. The maximum absolute atomic E-state index is 13.1. The second kappa shape index (κ2) is 8.01. The lowest BCUT2D eigenvalue weighted by atomic mass is 10.3. The minimum absolute atomic E-state index is 0.0486. The van der Waals surface area contributed by atoms with Crippen LogP contribution in [0.5, 0.6) is 5.75 Å². The number of halogens is 2. The fourth-order valence-electron chi connectivity index (χ4n) is 2.72. The monoisotopic (exact) mass is 396 g/mol. The molecule has 0 radical (unpaired) electrons. The summed E-state index contributed by atoms with van der Waals surface area (Å²) in [6.45, 7) is 0.469. The zero-order valence-electron chi connectivity index (χ0n) is 14.3. The van der Waals surface area contributed by atoms with E-state index in [-0.39, 0.29) is 49.3 Å². The molecule has 1 aliphatic rings. The second-order valence-corrected chi connectivity index (χ2v) is 7.90. The number of hydrogen-bond donors (Lipinski definition) is 0. The van der Waals surface area contributed by atoms with E-state index >= 15 is 0 Å². The van der Waals surface area contributed by atoms with Crippen LogP contribution in [0.1, 0.15) is 0 Å². The van der Waals surface area contributed by atoms with Crippen molar-refractivity contribution < 1.29 is 26.7 Å². The standard InChI is InChI=1S/C18H18F2N2O4S/c19-16-7-6-14(12-17(16)20)26-13-18(23)21-8-10-22(11-9-21)27(24,25)15-4-2-1-3-5-15/h1-7,12H,8-11,13H2. The van der Waals surface area contributed by atoms with Gasteiger partial charge < -0.3 is 9.64 Å². The van der Waals surface area contributed by atoms with E-state index in [0.717, 1.165) is 12.1 Å². The molecule has 0 atom stereocenters. The Morgan fingerprint density at radius 1 is 0.963 bits per heavy atom. The SMILES string of the molecule is O=C(COc1ccc(F)c(F)c1)N1CCN(S(=O)(=O)c2ccccc2)CC1. The second-order valence-electron chi connectivity index (χ2n) is 5.96. The van der Waals surface area contributed by atoms with Gasteiger partial charge in [0.25, 0.3) is 5.91 Å². The number of rotatable bonds is 5. The van der Waals surface area contributed by atoms with Gasteiger partial charge in [0, 0.05) is 32.2 Å². The lowest BCUT2D eigenvalue weighted by Crippen LogP contribution is -2.51. The average Bonchev–Trinajstić information content (AvgIpc) is 2.69. The summed E-state index contributed by atoms with van der Waals surface area (Å²) in [4.78, 5) is 13.9. The highest BCUT2D eigenvalue weighted by molar-refractivity contribution is 7.89. The Balaban J connectivity index is 1.54. The largest absolute Gasteiger partial charge is 0.484 e. The molecule has 1 fully saturated rings.